The van der Waals surface area contributed by atoms with Crippen LogP contribution in [0.15, 0.2) is 0 Å². The summed E-state index contributed by atoms with van der Waals surface area (Å²) < 4.78 is 5.02. The van der Waals surface area contributed by atoms with Crippen molar-refractivity contribution < 1.29 is 14.6 Å². The van der Waals surface area contributed by atoms with Gasteiger partial charge in [0.05, 0.1) is 19.1 Å². The number of aliphatic hydroxyl groups is 1. The molecule has 3 heteroatoms. The van der Waals surface area contributed by atoms with Crippen LogP contribution in [0.1, 0.15) is 65.2 Å². The van der Waals surface area contributed by atoms with Gasteiger partial charge in [-0.05, 0) is 12.8 Å². The Kier molecular flexibility index (Phi) is 10.5. The first-order valence-electron chi connectivity index (χ1n) is 6.54. The zero-order valence-electron chi connectivity index (χ0n) is 10.7. The topological polar surface area (TPSA) is 46.5 Å². The van der Waals surface area contributed by atoms with Gasteiger partial charge in [0.1, 0.15) is 0 Å². The highest BCUT2D eigenvalue weighted by Gasteiger charge is 2.11. The van der Waals surface area contributed by atoms with Crippen LogP contribution in [0.4, 0.5) is 0 Å². The number of carbonyl (C=O) groups excluding carboxylic acids is 1. The number of aliphatic hydroxyl groups excluding tert-OH is 1. The van der Waals surface area contributed by atoms with Crippen molar-refractivity contribution in [3.05, 3.63) is 0 Å². The van der Waals surface area contributed by atoms with Gasteiger partial charge in [-0.25, -0.2) is 0 Å². The minimum absolute atomic E-state index is 0.149. The van der Waals surface area contributed by atoms with E-state index in [0.29, 0.717) is 13.0 Å². The van der Waals surface area contributed by atoms with Crippen molar-refractivity contribution in [2.45, 2.75) is 71.3 Å². The number of unbranched alkanes of at least 4 members (excludes halogenated alkanes) is 4. The number of ether oxygens (including phenoxy) is 1. The van der Waals surface area contributed by atoms with Gasteiger partial charge in [0.25, 0.3) is 0 Å². The summed E-state index contributed by atoms with van der Waals surface area (Å²) >= 11 is 0. The zero-order chi connectivity index (χ0) is 12.2. The molecular weight excluding hydrogens is 204 g/mol. The highest BCUT2D eigenvalue weighted by molar-refractivity contribution is 5.69. The molecule has 96 valence electrons. The largest absolute Gasteiger partial charge is 0.466 e. The molecule has 0 fully saturated rings. The third-order valence-electron chi connectivity index (χ3n) is 2.55. The Hall–Kier alpha value is -0.570. The van der Waals surface area contributed by atoms with Crippen molar-refractivity contribution >= 4 is 5.97 Å². The number of hydrogen-bond acceptors (Lipinski definition) is 3. The summed E-state index contributed by atoms with van der Waals surface area (Å²) in [5.74, 6) is -0.264. The molecule has 1 atom stereocenters. The van der Waals surface area contributed by atoms with Crippen LogP contribution in [0.5, 0.6) is 0 Å². The van der Waals surface area contributed by atoms with Gasteiger partial charge in [-0.1, -0.05) is 46.0 Å². The second-order valence-electron chi connectivity index (χ2n) is 4.28. The molecule has 0 saturated carbocycles. The molecule has 0 spiro atoms. The molecule has 1 N–H and O–H groups in total. The van der Waals surface area contributed by atoms with E-state index in [4.69, 9.17) is 4.74 Å². The van der Waals surface area contributed by atoms with Crippen LogP contribution in [0.2, 0.25) is 0 Å². The van der Waals surface area contributed by atoms with Gasteiger partial charge < -0.3 is 9.84 Å². The van der Waals surface area contributed by atoms with E-state index in [1.807, 2.05) is 0 Å². The lowest BCUT2D eigenvalue weighted by molar-refractivity contribution is -0.146. The highest BCUT2D eigenvalue weighted by Crippen LogP contribution is 2.07. The molecule has 16 heavy (non-hydrogen) atoms. The maximum atomic E-state index is 11.3. The maximum Gasteiger partial charge on any atom is 0.308 e. The maximum absolute atomic E-state index is 11.3. The molecular formula is C13H26O3. The first-order valence-corrected chi connectivity index (χ1v) is 6.54. The van der Waals surface area contributed by atoms with E-state index in [2.05, 4.69) is 13.8 Å². The first kappa shape index (κ1) is 15.4. The van der Waals surface area contributed by atoms with Crippen molar-refractivity contribution in [2.75, 3.05) is 6.61 Å². The van der Waals surface area contributed by atoms with Crippen LogP contribution >= 0.6 is 0 Å². The standard InChI is InChI=1S/C13H26O3/c1-3-5-7-9-12(14)11-13(15)16-10-8-6-4-2/h12,14H,3-11H2,1-2H3. The monoisotopic (exact) mass is 230 g/mol. The van der Waals surface area contributed by atoms with Crippen molar-refractivity contribution in [1.82, 2.24) is 0 Å². The van der Waals surface area contributed by atoms with Gasteiger partial charge >= 0.3 is 5.97 Å². The third kappa shape index (κ3) is 9.97. The molecule has 0 aromatic rings. The average molecular weight is 230 g/mol. The zero-order valence-corrected chi connectivity index (χ0v) is 10.7. The Balaban J connectivity index is 3.39. The first-order chi connectivity index (χ1) is 7.70. The van der Waals surface area contributed by atoms with Crippen molar-refractivity contribution in [1.29, 1.82) is 0 Å². The predicted molar refractivity (Wildman–Crippen MR) is 65.2 cm³/mol. The molecule has 0 aliphatic heterocycles. The van der Waals surface area contributed by atoms with Crippen molar-refractivity contribution in [3.8, 4) is 0 Å². The summed E-state index contributed by atoms with van der Waals surface area (Å²) in [6, 6.07) is 0. The number of esters is 1. The van der Waals surface area contributed by atoms with E-state index < -0.39 is 6.10 Å². The van der Waals surface area contributed by atoms with Gasteiger partial charge in [-0.2, -0.15) is 0 Å². The smallest absolute Gasteiger partial charge is 0.308 e. The predicted octanol–water partition coefficient (Wildman–Crippen LogP) is 3.05. The molecule has 0 bridgehead atoms. The van der Waals surface area contributed by atoms with E-state index in [1.165, 1.54) is 0 Å². The van der Waals surface area contributed by atoms with E-state index in [1.54, 1.807) is 0 Å². The lowest BCUT2D eigenvalue weighted by atomic mass is 10.1. The molecule has 0 aromatic carbocycles. The Bertz CT molecular complexity index is 169. The van der Waals surface area contributed by atoms with Gasteiger partial charge in [-0.3, -0.25) is 4.79 Å². The van der Waals surface area contributed by atoms with Crippen LogP contribution in [0, 0.1) is 0 Å². The SMILES string of the molecule is CCCCCOC(=O)CC(O)CCCCC. The summed E-state index contributed by atoms with van der Waals surface area (Å²) in [5.41, 5.74) is 0. The fraction of sp³-hybridized carbons (Fsp3) is 0.923. The lowest BCUT2D eigenvalue weighted by Gasteiger charge is -2.09. The second kappa shape index (κ2) is 10.9. The summed E-state index contributed by atoms with van der Waals surface area (Å²) in [6.45, 7) is 4.72. The van der Waals surface area contributed by atoms with Crippen LogP contribution in [0.25, 0.3) is 0 Å². The van der Waals surface area contributed by atoms with Gasteiger partial charge in [0.15, 0.2) is 0 Å². The molecule has 3 nitrogen and oxygen atoms in total. The third-order valence-corrected chi connectivity index (χ3v) is 2.55. The molecule has 0 heterocycles. The van der Waals surface area contributed by atoms with Gasteiger partial charge in [0.2, 0.25) is 0 Å². The van der Waals surface area contributed by atoms with Crippen molar-refractivity contribution in [2.24, 2.45) is 0 Å². The summed E-state index contributed by atoms with van der Waals surface area (Å²) in [5, 5.41) is 9.55. The molecule has 0 radical (unpaired) electrons. The van der Waals surface area contributed by atoms with Crippen molar-refractivity contribution in [3.63, 3.8) is 0 Å². The Morgan fingerprint density at radius 2 is 1.75 bits per heavy atom. The molecule has 0 saturated heterocycles. The molecule has 1 unspecified atom stereocenters. The lowest BCUT2D eigenvalue weighted by Crippen LogP contribution is -2.16. The van der Waals surface area contributed by atoms with Gasteiger partial charge in [-0.15, -0.1) is 0 Å². The molecule has 0 rings (SSSR count). The van der Waals surface area contributed by atoms with E-state index in [0.717, 1.165) is 38.5 Å². The quantitative estimate of drug-likeness (QED) is 0.463. The van der Waals surface area contributed by atoms with Crippen LogP contribution in [0.3, 0.4) is 0 Å². The molecule has 0 aliphatic rings. The van der Waals surface area contributed by atoms with E-state index in [9.17, 15) is 9.90 Å². The Morgan fingerprint density at radius 1 is 1.12 bits per heavy atom. The summed E-state index contributed by atoms with van der Waals surface area (Å²) in [7, 11) is 0. The summed E-state index contributed by atoms with van der Waals surface area (Å²) in [6.07, 6.45) is 6.70. The number of rotatable bonds is 10. The minimum atomic E-state index is -0.523. The van der Waals surface area contributed by atoms with E-state index in [-0.39, 0.29) is 12.4 Å². The number of carbonyl (C=O) groups is 1. The molecule has 0 amide bonds. The highest BCUT2D eigenvalue weighted by atomic mass is 16.5. The number of hydrogen-bond donors (Lipinski definition) is 1. The Morgan fingerprint density at radius 3 is 2.38 bits per heavy atom. The molecule has 0 aromatic heterocycles. The fourth-order valence-electron chi connectivity index (χ4n) is 1.52. The summed E-state index contributed by atoms with van der Waals surface area (Å²) in [4.78, 5) is 11.3. The van der Waals surface area contributed by atoms with E-state index >= 15 is 0 Å². The van der Waals surface area contributed by atoms with Crippen LogP contribution in [-0.4, -0.2) is 23.8 Å². The average Bonchev–Trinajstić information content (AvgIpc) is 2.25. The van der Waals surface area contributed by atoms with Crippen LogP contribution in [-0.2, 0) is 9.53 Å². The van der Waals surface area contributed by atoms with Gasteiger partial charge in [0, 0.05) is 0 Å². The Labute approximate surface area is 99.2 Å². The molecule has 0 aliphatic carbocycles. The minimum Gasteiger partial charge on any atom is -0.466 e. The second-order valence-corrected chi connectivity index (χ2v) is 4.28. The van der Waals surface area contributed by atoms with Crippen LogP contribution < -0.4 is 0 Å². The normalized spacial score (nSPS) is 12.4. The fourth-order valence-corrected chi connectivity index (χ4v) is 1.52.